The van der Waals surface area contributed by atoms with Crippen LogP contribution in [0.5, 0.6) is 0 Å². The zero-order chi connectivity index (χ0) is 21.0. The molecule has 1 aromatic carbocycles. The van der Waals surface area contributed by atoms with E-state index in [0.717, 1.165) is 65.4 Å². The molecule has 0 N–H and O–H groups in total. The smallest absolute Gasteiger partial charge is 0.264 e. The SMILES string of the molecule is Cc1nn(C)c2sc(C(=O)N3CCN4C[C@@H](c5ccc(F)c(Cl)c5)CC[C@@H]4C3)cc12. The van der Waals surface area contributed by atoms with Gasteiger partial charge in [-0.3, -0.25) is 14.4 Å². The van der Waals surface area contributed by atoms with Gasteiger partial charge in [-0.2, -0.15) is 5.10 Å². The third-order valence-electron chi connectivity index (χ3n) is 6.52. The molecule has 2 aliphatic heterocycles. The van der Waals surface area contributed by atoms with Crippen molar-refractivity contribution in [2.45, 2.75) is 31.7 Å². The van der Waals surface area contributed by atoms with E-state index in [1.54, 1.807) is 6.07 Å². The topological polar surface area (TPSA) is 41.4 Å². The summed E-state index contributed by atoms with van der Waals surface area (Å²) < 4.78 is 15.4. The molecule has 1 amide bonds. The van der Waals surface area contributed by atoms with Crippen LogP contribution in [-0.4, -0.2) is 57.7 Å². The van der Waals surface area contributed by atoms with Gasteiger partial charge < -0.3 is 4.90 Å². The molecule has 0 radical (unpaired) electrons. The molecule has 0 aliphatic carbocycles. The van der Waals surface area contributed by atoms with Gasteiger partial charge in [-0.1, -0.05) is 17.7 Å². The molecule has 2 atom stereocenters. The molecule has 5 nitrogen and oxygen atoms in total. The molecule has 2 aromatic heterocycles. The molecule has 30 heavy (non-hydrogen) atoms. The van der Waals surface area contributed by atoms with Crippen LogP contribution in [0.4, 0.5) is 4.39 Å². The van der Waals surface area contributed by atoms with Crippen molar-refractivity contribution in [3.8, 4) is 0 Å². The summed E-state index contributed by atoms with van der Waals surface area (Å²) in [7, 11) is 1.92. The Hall–Kier alpha value is -1.96. The van der Waals surface area contributed by atoms with Crippen LogP contribution in [0.2, 0.25) is 5.02 Å². The Bertz CT molecular complexity index is 1090. The number of hydrogen-bond acceptors (Lipinski definition) is 4. The molecule has 5 rings (SSSR count). The highest BCUT2D eigenvalue weighted by atomic mass is 35.5. The predicted molar refractivity (Wildman–Crippen MR) is 118 cm³/mol. The van der Waals surface area contributed by atoms with Gasteiger partial charge in [0.2, 0.25) is 0 Å². The lowest BCUT2D eigenvalue weighted by Crippen LogP contribution is -2.57. The minimum Gasteiger partial charge on any atom is -0.335 e. The van der Waals surface area contributed by atoms with E-state index in [1.165, 1.54) is 17.4 Å². The van der Waals surface area contributed by atoms with Crippen LogP contribution < -0.4 is 0 Å². The van der Waals surface area contributed by atoms with Crippen molar-refractivity contribution >= 4 is 39.1 Å². The third-order valence-corrected chi connectivity index (χ3v) is 8.00. The van der Waals surface area contributed by atoms with Crippen LogP contribution in [0.15, 0.2) is 24.3 Å². The second-order valence-corrected chi connectivity index (χ2v) is 9.82. The molecule has 0 spiro atoms. The maximum Gasteiger partial charge on any atom is 0.264 e. The maximum absolute atomic E-state index is 13.5. The number of aryl methyl sites for hydroxylation is 2. The van der Waals surface area contributed by atoms with E-state index in [9.17, 15) is 9.18 Å². The quantitative estimate of drug-likeness (QED) is 0.584. The van der Waals surface area contributed by atoms with Gasteiger partial charge in [0, 0.05) is 44.7 Å². The monoisotopic (exact) mass is 446 g/mol. The Labute approximate surface area is 184 Å². The summed E-state index contributed by atoms with van der Waals surface area (Å²) in [5.41, 5.74) is 2.07. The van der Waals surface area contributed by atoms with Gasteiger partial charge in [0.1, 0.15) is 10.6 Å². The van der Waals surface area contributed by atoms with E-state index in [4.69, 9.17) is 11.6 Å². The molecule has 0 saturated carbocycles. The van der Waals surface area contributed by atoms with Gasteiger partial charge in [-0.15, -0.1) is 11.3 Å². The van der Waals surface area contributed by atoms with Crippen molar-refractivity contribution in [2.24, 2.45) is 7.05 Å². The van der Waals surface area contributed by atoms with Crippen LogP contribution in [0.25, 0.3) is 10.2 Å². The predicted octanol–water partition coefficient (Wildman–Crippen LogP) is 4.44. The van der Waals surface area contributed by atoms with Crippen LogP contribution in [0, 0.1) is 12.7 Å². The summed E-state index contributed by atoms with van der Waals surface area (Å²) >= 11 is 7.51. The lowest BCUT2D eigenvalue weighted by molar-refractivity contribution is 0.0332. The number of rotatable bonds is 2. The van der Waals surface area contributed by atoms with Gasteiger partial charge in [0.15, 0.2) is 0 Å². The first-order valence-electron chi connectivity index (χ1n) is 10.3. The van der Waals surface area contributed by atoms with E-state index >= 15 is 0 Å². The first kappa shape index (κ1) is 20.0. The zero-order valence-corrected chi connectivity index (χ0v) is 18.6. The van der Waals surface area contributed by atoms with Crippen molar-refractivity contribution in [3.63, 3.8) is 0 Å². The summed E-state index contributed by atoms with van der Waals surface area (Å²) in [5.74, 6) is 0.121. The standard InChI is InChI=1S/C22H24ClFN4OS/c1-13-17-10-20(30-22(17)26(2)25-13)21(29)28-8-7-27-11-15(3-5-16(27)12-28)14-4-6-19(24)18(23)9-14/h4,6,9-10,15-16H,3,5,7-8,11-12H2,1-2H3/t15-,16+/m0/s1. The first-order chi connectivity index (χ1) is 14.4. The Balaban J connectivity index is 1.27. The fourth-order valence-electron chi connectivity index (χ4n) is 4.86. The summed E-state index contributed by atoms with van der Waals surface area (Å²) in [6.07, 6.45) is 2.05. The number of hydrogen-bond donors (Lipinski definition) is 0. The fourth-order valence-corrected chi connectivity index (χ4v) is 6.14. The number of halogens is 2. The number of piperidine rings is 1. The van der Waals surface area contributed by atoms with Gasteiger partial charge in [0.05, 0.1) is 15.6 Å². The maximum atomic E-state index is 13.5. The Morgan fingerprint density at radius 1 is 1.23 bits per heavy atom. The molecule has 3 aromatic rings. The van der Waals surface area contributed by atoms with Crippen LogP contribution in [0.1, 0.15) is 39.7 Å². The van der Waals surface area contributed by atoms with Gasteiger partial charge >= 0.3 is 0 Å². The number of benzene rings is 1. The number of aromatic nitrogens is 2. The van der Waals surface area contributed by atoms with Crippen molar-refractivity contribution in [3.05, 3.63) is 51.2 Å². The molecule has 8 heteroatoms. The van der Waals surface area contributed by atoms with Crippen molar-refractivity contribution in [1.82, 2.24) is 19.6 Å². The highest BCUT2D eigenvalue weighted by molar-refractivity contribution is 7.20. The Kier molecular flexibility index (Phi) is 5.08. The molecule has 4 heterocycles. The first-order valence-corrected chi connectivity index (χ1v) is 11.5. The molecule has 0 bridgehead atoms. The number of fused-ring (bicyclic) bond motifs is 2. The lowest BCUT2D eigenvalue weighted by Gasteiger charge is -2.46. The second kappa shape index (κ2) is 7.62. The zero-order valence-electron chi connectivity index (χ0n) is 17.1. The number of piperazine rings is 1. The number of thiophene rings is 1. The van der Waals surface area contributed by atoms with Gasteiger partial charge in [-0.05, 0) is 49.4 Å². The highest BCUT2D eigenvalue weighted by Gasteiger charge is 2.35. The summed E-state index contributed by atoms with van der Waals surface area (Å²) in [5, 5.41) is 5.69. The summed E-state index contributed by atoms with van der Waals surface area (Å²) in [6, 6.07) is 7.45. The molecule has 2 aliphatic rings. The van der Waals surface area contributed by atoms with E-state index in [-0.39, 0.29) is 16.7 Å². The number of amides is 1. The molecular weight excluding hydrogens is 423 g/mol. The van der Waals surface area contributed by atoms with Crippen LogP contribution in [0.3, 0.4) is 0 Å². The number of nitrogens with zero attached hydrogens (tertiary/aromatic N) is 4. The van der Waals surface area contributed by atoms with Crippen LogP contribution in [-0.2, 0) is 7.05 Å². The van der Waals surface area contributed by atoms with E-state index in [1.807, 2.05) is 35.7 Å². The molecule has 2 fully saturated rings. The Morgan fingerprint density at radius 2 is 2.07 bits per heavy atom. The van der Waals surface area contributed by atoms with Crippen LogP contribution >= 0.6 is 22.9 Å². The van der Waals surface area contributed by atoms with E-state index in [0.29, 0.717) is 12.0 Å². The minimum atomic E-state index is -0.367. The van der Waals surface area contributed by atoms with Gasteiger partial charge in [0.25, 0.3) is 5.91 Å². The number of carbonyl (C=O) groups excluding carboxylic acids is 1. The normalized spacial score (nSPS) is 22.5. The Morgan fingerprint density at radius 3 is 2.83 bits per heavy atom. The van der Waals surface area contributed by atoms with E-state index in [2.05, 4.69) is 10.00 Å². The van der Waals surface area contributed by atoms with E-state index < -0.39 is 0 Å². The average molecular weight is 447 g/mol. The van der Waals surface area contributed by atoms with Gasteiger partial charge in [-0.25, -0.2) is 4.39 Å². The second-order valence-electron chi connectivity index (χ2n) is 8.39. The van der Waals surface area contributed by atoms with Crippen molar-refractivity contribution in [2.75, 3.05) is 26.2 Å². The van der Waals surface area contributed by atoms with Crippen molar-refractivity contribution < 1.29 is 9.18 Å². The molecule has 0 unspecified atom stereocenters. The number of carbonyl (C=O) groups is 1. The minimum absolute atomic E-state index is 0.127. The lowest BCUT2D eigenvalue weighted by atomic mass is 9.86. The molecule has 158 valence electrons. The molecular formula is C22H24ClFN4OS. The summed E-state index contributed by atoms with van der Waals surface area (Å²) in [6.45, 7) is 5.28. The highest BCUT2D eigenvalue weighted by Crippen LogP contribution is 2.34. The average Bonchev–Trinajstić information content (AvgIpc) is 3.30. The van der Waals surface area contributed by atoms with Crippen molar-refractivity contribution in [1.29, 1.82) is 0 Å². The largest absolute Gasteiger partial charge is 0.335 e. The molecule has 2 saturated heterocycles. The fraction of sp³-hybridized carbons (Fsp3) is 0.455. The third kappa shape index (κ3) is 3.43. The summed E-state index contributed by atoms with van der Waals surface area (Å²) in [4.78, 5) is 19.5.